The van der Waals surface area contributed by atoms with Gasteiger partial charge in [-0.1, -0.05) is 11.2 Å². The minimum Gasteiger partial charge on any atom is -0.493 e. The molecule has 3 rings (SSSR count). The second-order valence-electron chi connectivity index (χ2n) is 4.85. The Bertz CT molecular complexity index is 814. The predicted octanol–water partition coefficient (Wildman–Crippen LogP) is 3.39. The van der Waals surface area contributed by atoms with Gasteiger partial charge in [0.2, 0.25) is 5.82 Å². The molecule has 0 fully saturated rings. The quantitative estimate of drug-likeness (QED) is 0.727. The van der Waals surface area contributed by atoms with Crippen LogP contribution in [0.4, 0.5) is 5.69 Å². The van der Waals surface area contributed by atoms with Crippen molar-refractivity contribution in [1.82, 2.24) is 10.1 Å². The minimum atomic E-state index is 0.417. The highest BCUT2D eigenvalue weighted by Gasteiger charge is 2.13. The van der Waals surface area contributed by atoms with Crippen LogP contribution < -0.4 is 15.2 Å². The maximum atomic E-state index is 5.78. The number of nitrogens with zero attached hydrogens (tertiary/aromatic N) is 2. The number of hydrogen-bond acceptors (Lipinski definition) is 6. The molecule has 0 aliphatic heterocycles. The SMILES string of the molecule is CCOc1ccc(-c2noc(-c3cccc(N)c3)n2)cc1OC. The van der Waals surface area contributed by atoms with Gasteiger partial charge in [-0.05, 0) is 43.3 Å². The van der Waals surface area contributed by atoms with Gasteiger partial charge in [-0.2, -0.15) is 4.98 Å². The highest BCUT2D eigenvalue weighted by Crippen LogP contribution is 2.32. The topological polar surface area (TPSA) is 83.4 Å². The summed E-state index contributed by atoms with van der Waals surface area (Å²) in [4.78, 5) is 4.41. The summed E-state index contributed by atoms with van der Waals surface area (Å²) in [6.45, 7) is 2.49. The van der Waals surface area contributed by atoms with E-state index in [-0.39, 0.29) is 0 Å². The Labute approximate surface area is 133 Å². The smallest absolute Gasteiger partial charge is 0.258 e. The summed E-state index contributed by atoms with van der Waals surface area (Å²) in [5, 5.41) is 4.02. The number of methoxy groups -OCH3 is 1. The van der Waals surface area contributed by atoms with E-state index in [0.717, 1.165) is 11.1 Å². The number of ether oxygens (including phenoxy) is 2. The highest BCUT2D eigenvalue weighted by molar-refractivity contribution is 5.65. The monoisotopic (exact) mass is 311 g/mol. The van der Waals surface area contributed by atoms with E-state index in [1.807, 2.05) is 37.3 Å². The van der Waals surface area contributed by atoms with Crippen LogP contribution in [0.25, 0.3) is 22.8 Å². The summed E-state index contributed by atoms with van der Waals surface area (Å²) < 4.78 is 16.2. The molecule has 23 heavy (non-hydrogen) atoms. The maximum Gasteiger partial charge on any atom is 0.258 e. The molecule has 2 N–H and O–H groups in total. The zero-order chi connectivity index (χ0) is 16.2. The van der Waals surface area contributed by atoms with Crippen molar-refractivity contribution in [3.63, 3.8) is 0 Å². The molecule has 6 nitrogen and oxygen atoms in total. The Morgan fingerprint density at radius 1 is 1.09 bits per heavy atom. The molecule has 0 spiro atoms. The third-order valence-corrected chi connectivity index (χ3v) is 3.28. The summed E-state index contributed by atoms with van der Waals surface area (Å²) in [7, 11) is 1.59. The number of nitrogen functional groups attached to an aromatic ring is 1. The summed E-state index contributed by atoms with van der Waals surface area (Å²) >= 11 is 0. The zero-order valence-corrected chi connectivity index (χ0v) is 12.9. The fourth-order valence-corrected chi connectivity index (χ4v) is 2.21. The molecule has 1 aromatic heterocycles. The summed E-state index contributed by atoms with van der Waals surface area (Å²) in [6, 6.07) is 12.8. The maximum absolute atomic E-state index is 5.78. The number of rotatable bonds is 5. The molecule has 0 saturated carbocycles. The third-order valence-electron chi connectivity index (χ3n) is 3.28. The van der Waals surface area contributed by atoms with Gasteiger partial charge < -0.3 is 19.7 Å². The van der Waals surface area contributed by atoms with Gasteiger partial charge in [0.1, 0.15) is 0 Å². The molecular weight excluding hydrogens is 294 g/mol. The van der Waals surface area contributed by atoms with Crippen molar-refractivity contribution in [3.05, 3.63) is 42.5 Å². The number of benzene rings is 2. The molecule has 0 amide bonds. The number of anilines is 1. The Morgan fingerprint density at radius 2 is 1.96 bits per heavy atom. The molecule has 0 radical (unpaired) electrons. The fourth-order valence-electron chi connectivity index (χ4n) is 2.21. The van der Waals surface area contributed by atoms with Gasteiger partial charge in [0.05, 0.1) is 13.7 Å². The van der Waals surface area contributed by atoms with E-state index in [4.69, 9.17) is 19.7 Å². The molecule has 2 aromatic carbocycles. The van der Waals surface area contributed by atoms with Crippen molar-refractivity contribution < 1.29 is 14.0 Å². The molecule has 0 aliphatic rings. The molecule has 0 saturated heterocycles. The molecule has 1 heterocycles. The molecule has 0 bridgehead atoms. The zero-order valence-electron chi connectivity index (χ0n) is 12.9. The highest BCUT2D eigenvalue weighted by atomic mass is 16.5. The molecule has 6 heteroatoms. The van der Waals surface area contributed by atoms with E-state index in [0.29, 0.717) is 35.5 Å². The Balaban J connectivity index is 1.94. The normalized spacial score (nSPS) is 10.5. The van der Waals surface area contributed by atoms with Crippen LogP contribution in [-0.4, -0.2) is 23.9 Å². The molecule has 0 atom stereocenters. The first kappa shape index (κ1) is 14.9. The Kier molecular flexibility index (Phi) is 4.14. The van der Waals surface area contributed by atoms with E-state index in [1.54, 1.807) is 19.2 Å². The van der Waals surface area contributed by atoms with Crippen LogP contribution in [0.3, 0.4) is 0 Å². The van der Waals surface area contributed by atoms with Crippen LogP contribution in [0.15, 0.2) is 47.0 Å². The van der Waals surface area contributed by atoms with E-state index in [9.17, 15) is 0 Å². The van der Waals surface area contributed by atoms with E-state index in [1.165, 1.54) is 0 Å². The average molecular weight is 311 g/mol. The van der Waals surface area contributed by atoms with Gasteiger partial charge in [-0.25, -0.2) is 0 Å². The molecule has 118 valence electrons. The van der Waals surface area contributed by atoms with Crippen LogP contribution in [0.1, 0.15) is 6.92 Å². The van der Waals surface area contributed by atoms with Gasteiger partial charge in [0.25, 0.3) is 5.89 Å². The van der Waals surface area contributed by atoms with E-state index >= 15 is 0 Å². The lowest BCUT2D eigenvalue weighted by Gasteiger charge is -2.09. The first-order valence-electron chi connectivity index (χ1n) is 7.22. The fraction of sp³-hybridized carbons (Fsp3) is 0.176. The largest absolute Gasteiger partial charge is 0.493 e. The van der Waals surface area contributed by atoms with Crippen molar-refractivity contribution in [2.24, 2.45) is 0 Å². The third kappa shape index (κ3) is 3.11. The van der Waals surface area contributed by atoms with Crippen molar-refractivity contribution in [3.8, 4) is 34.3 Å². The summed E-state index contributed by atoms with van der Waals surface area (Å²) in [5.74, 6) is 2.20. The van der Waals surface area contributed by atoms with Crippen molar-refractivity contribution in [1.29, 1.82) is 0 Å². The number of hydrogen-bond donors (Lipinski definition) is 1. The van der Waals surface area contributed by atoms with Crippen LogP contribution >= 0.6 is 0 Å². The molecule has 0 aliphatic carbocycles. The Morgan fingerprint density at radius 3 is 2.70 bits per heavy atom. The lowest BCUT2D eigenvalue weighted by atomic mass is 10.2. The summed E-state index contributed by atoms with van der Waals surface area (Å²) in [5.41, 5.74) is 7.98. The van der Waals surface area contributed by atoms with Crippen molar-refractivity contribution in [2.75, 3.05) is 19.5 Å². The molecular formula is C17H17N3O3. The van der Waals surface area contributed by atoms with Crippen LogP contribution in [-0.2, 0) is 0 Å². The van der Waals surface area contributed by atoms with Gasteiger partial charge >= 0.3 is 0 Å². The van der Waals surface area contributed by atoms with Gasteiger partial charge in [-0.15, -0.1) is 0 Å². The first-order valence-corrected chi connectivity index (χ1v) is 7.22. The van der Waals surface area contributed by atoms with Crippen molar-refractivity contribution >= 4 is 5.69 Å². The van der Waals surface area contributed by atoms with Crippen LogP contribution in [0.5, 0.6) is 11.5 Å². The first-order chi connectivity index (χ1) is 11.2. The van der Waals surface area contributed by atoms with Gasteiger partial charge in [0, 0.05) is 16.8 Å². The standard InChI is InChI=1S/C17H17N3O3/c1-3-22-14-8-7-11(10-15(14)21-2)16-19-17(23-20-16)12-5-4-6-13(18)9-12/h4-10H,3,18H2,1-2H3. The number of nitrogens with two attached hydrogens (primary N) is 1. The lowest BCUT2D eigenvalue weighted by molar-refractivity contribution is 0.311. The van der Waals surface area contributed by atoms with Crippen molar-refractivity contribution in [2.45, 2.75) is 6.92 Å². The molecule has 0 unspecified atom stereocenters. The van der Waals surface area contributed by atoms with Crippen LogP contribution in [0.2, 0.25) is 0 Å². The predicted molar refractivity (Wildman–Crippen MR) is 87.3 cm³/mol. The van der Waals surface area contributed by atoms with E-state index in [2.05, 4.69) is 10.1 Å². The van der Waals surface area contributed by atoms with E-state index < -0.39 is 0 Å². The van der Waals surface area contributed by atoms with Crippen LogP contribution in [0, 0.1) is 0 Å². The number of aromatic nitrogens is 2. The van der Waals surface area contributed by atoms with Gasteiger partial charge in [0.15, 0.2) is 11.5 Å². The lowest BCUT2D eigenvalue weighted by Crippen LogP contribution is -1.95. The second kappa shape index (κ2) is 6.39. The van der Waals surface area contributed by atoms with Gasteiger partial charge in [-0.3, -0.25) is 0 Å². The Hall–Kier alpha value is -3.02. The minimum absolute atomic E-state index is 0.417. The second-order valence-corrected chi connectivity index (χ2v) is 4.85. The molecule has 3 aromatic rings. The summed E-state index contributed by atoms with van der Waals surface area (Å²) in [6.07, 6.45) is 0. The average Bonchev–Trinajstić information content (AvgIpc) is 3.05.